The van der Waals surface area contributed by atoms with Gasteiger partial charge < -0.3 is 16.8 Å². The second kappa shape index (κ2) is 6.07. The van der Waals surface area contributed by atoms with Crippen LogP contribution in [-0.4, -0.2) is 24.8 Å². The maximum absolute atomic E-state index is 11.1. The zero-order chi connectivity index (χ0) is 16.4. The summed E-state index contributed by atoms with van der Waals surface area (Å²) >= 11 is 0. The van der Waals surface area contributed by atoms with E-state index in [4.69, 9.17) is 16.4 Å². The number of hydrogen-bond acceptors (Lipinski definition) is 8. The zero-order valence-corrected chi connectivity index (χ0v) is 12.7. The van der Waals surface area contributed by atoms with Gasteiger partial charge in [0.1, 0.15) is 0 Å². The number of nitrogens with one attached hydrogen (secondary N) is 1. The number of rotatable bonds is 4. The third kappa shape index (κ3) is 3.31. The van der Waals surface area contributed by atoms with Gasteiger partial charge >= 0.3 is 8.03 Å². The minimum absolute atomic E-state index is 0.0464. The predicted octanol–water partition coefficient (Wildman–Crippen LogP) is 0.556. The SMILES string of the molecule is Nc1nc(N)c2nc(CNc3cccc([P+](=O)O)c3)cnc2n1. The summed E-state index contributed by atoms with van der Waals surface area (Å²) in [5.41, 5.74) is 13.3. The molecule has 0 bridgehead atoms. The summed E-state index contributed by atoms with van der Waals surface area (Å²) in [6.45, 7) is 0.360. The van der Waals surface area contributed by atoms with Crippen LogP contribution < -0.4 is 22.1 Å². The molecule has 6 N–H and O–H groups in total. The van der Waals surface area contributed by atoms with Gasteiger partial charge in [-0.25, -0.2) is 9.97 Å². The van der Waals surface area contributed by atoms with Crippen LogP contribution in [0.15, 0.2) is 30.5 Å². The number of fused-ring (bicyclic) bond motifs is 1. The highest BCUT2D eigenvalue weighted by atomic mass is 31.1. The Balaban J connectivity index is 1.82. The van der Waals surface area contributed by atoms with E-state index in [0.29, 0.717) is 34.4 Å². The number of benzene rings is 1. The van der Waals surface area contributed by atoms with Crippen molar-refractivity contribution in [1.29, 1.82) is 0 Å². The minimum atomic E-state index is -2.37. The highest BCUT2D eigenvalue weighted by Gasteiger charge is 2.15. The smallest absolute Gasteiger partial charge is 0.382 e. The van der Waals surface area contributed by atoms with Crippen LogP contribution in [0.25, 0.3) is 11.2 Å². The van der Waals surface area contributed by atoms with Crippen molar-refractivity contribution in [3.8, 4) is 0 Å². The Labute approximate surface area is 131 Å². The predicted molar refractivity (Wildman–Crippen MR) is 87.2 cm³/mol. The fraction of sp³-hybridized carbons (Fsp3) is 0.0769. The summed E-state index contributed by atoms with van der Waals surface area (Å²) in [5.74, 6) is 0.214. The molecule has 0 aliphatic heterocycles. The van der Waals surface area contributed by atoms with E-state index in [1.54, 1.807) is 30.5 Å². The molecule has 3 rings (SSSR count). The van der Waals surface area contributed by atoms with Crippen molar-refractivity contribution >= 4 is 41.9 Å². The van der Waals surface area contributed by atoms with Crippen LogP contribution >= 0.6 is 8.03 Å². The topological polar surface area (TPSA) is 153 Å². The molecule has 23 heavy (non-hydrogen) atoms. The second-order valence-corrected chi connectivity index (χ2v) is 5.74. The minimum Gasteiger partial charge on any atom is -0.382 e. The van der Waals surface area contributed by atoms with Gasteiger partial charge in [-0.05, 0) is 16.7 Å². The first kappa shape index (κ1) is 15.0. The molecule has 2 aromatic heterocycles. The molecule has 0 fully saturated rings. The third-order valence-corrected chi connectivity index (χ3v) is 3.76. The lowest BCUT2D eigenvalue weighted by atomic mass is 10.3. The number of nitrogen functional groups attached to an aromatic ring is 2. The molecule has 2 heterocycles. The monoisotopic (exact) mass is 330 g/mol. The molecule has 3 aromatic rings. The lowest BCUT2D eigenvalue weighted by Crippen LogP contribution is -2.07. The van der Waals surface area contributed by atoms with Crippen LogP contribution in [0.2, 0.25) is 0 Å². The van der Waals surface area contributed by atoms with Crippen LogP contribution in [0.3, 0.4) is 0 Å². The number of hydrogen-bond donors (Lipinski definition) is 4. The van der Waals surface area contributed by atoms with Gasteiger partial charge in [-0.3, -0.25) is 0 Å². The molecule has 116 valence electrons. The fourth-order valence-electron chi connectivity index (χ4n) is 2.00. The molecule has 1 unspecified atom stereocenters. The van der Waals surface area contributed by atoms with Crippen molar-refractivity contribution in [2.45, 2.75) is 6.54 Å². The van der Waals surface area contributed by atoms with E-state index in [9.17, 15) is 4.57 Å². The van der Waals surface area contributed by atoms with E-state index in [2.05, 4.69) is 25.3 Å². The van der Waals surface area contributed by atoms with Gasteiger partial charge in [0, 0.05) is 11.8 Å². The number of aromatic nitrogens is 4. The normalized spacial score (nSPS) is 11.4. The first-order valence-corrected chi connectivity index (χ1v) is 7.79. The highest BCUT2D eigenvalue weighted by molar-refractivity contribution is 7.47. The van der Waals surface area contributed by atoms with Crippen LogP contribution in [0.5, 0.6) is 0 Å². The molecule has 1 atom stereocenters. The van der Waals surface area contributed by atoms with E-state index >= 15 is 0 Å². The molecular formula is C13H13N7O2P+. The molecular weight excluding hydrogens is 317 g/mol. The number of nitrogens with two attached hydrogens (primary N) is 2. The van der Waals surface area contributed by atoms with Crippen molar-refractivity contribution in [3.63, 3.8) is 0 Å². The average Bonchev–Trinajstić information content (AvgIpc) is 2.53. The molecule has 1 aromatic carbocycles. The molecule has 0 spiro atoms. The van der Waals surface area contributed by atoms with Crippen molar-refractivity contribution in [3.05, 3.63) is 36.2 Å². The fourth-order valence-corrected chi connectivity index (χ4v) is 2.46. The van der Waals surface area contributed by atoms with Gasteiger partial charge in [0.25, 0.3) is 0 Å². The van der Waals surface area contributed by atoms with Gasteiger partial charge in [0.05, 0.1) is 18.4 Å². The van der Waals surface area contributed by atoms with Crippen LogP contribution in [-0.2, 0) is 11.1 Å². The zero-order valence-electron chi connectivity index (χ0n) is 11.8. The van der Waals surface area contributed by atoms with Crippen LogP contribution in [0, 0.1) is 0 Å². The van der Waals surface area contributed by atoms with E-state index in [1.807, 2.05) is 0 Å². The lowest BCUT2D eigenvalue weighted by Gasteiger charge is -2.07. The van der Waals surface area contributed by atoms with Gasteiger partial charge in [0.2, 0.25) is 11.3 Å². The summed E-state index contributed by atoms with van der Waals surface area (Å²) in [6.07, 6.45) is 1.55. The quantitative estimate of drug-likeness (QED) is 0.502. The first-order valence-electron chi connectivity index (χ1n) is 6.57. The molecule has 10 heteroatoms. The summed E-state index contributed by atoms with van der Waals surface area (Å²) in [7, 11) is -2.37. The lowest BCUT2D eigenvalue weighted by molar-refractivity contribution is 0.513. The van der Waals surface area contributed by atoms with Crippen LogP contribution in [0.1, 0.15) is 5.69 Å². The van der Waals surface area contributed by atoms with Gasteiger partial charge in [-0.1, -0.05) is 6.07 Å². The number of nitrogens with zero attached hydrogens (tertiary/aromatic N) is 4. The van der Waals surface area contributed by atoms with Crippen molar-refractivity contribution in [2.75, 3.05) is 16.8 Å². The van der Waals surface area contributed by atoms with Crippen molar-refractivity contribution < 1.29 is 9.46 Å². The van der Waals surface area contributed by atoms with Gasteiger partial charge in [-0.2, -0.15) is 14.9 Å². The van der Waals surface area contributed by atoms with Gasteiger partial charge in [-0.15, -0.1) is 0 Å². The first-order chi connectivity index (χ1) is 11.0. The summed E-state index contributed by atoms with van der Waals surface area (Å²) in [5, 5.41) is 3.45. The Kier molecular flexibility index (Phi) is 3.96. The largest absolute Gasteiger partial charge is 0.546 e. The molecule has 0 radical (unpaired) electrons. The summed E-state index contributed by atoms with van der Waals surface area (Å²) in [4.78, 5) is 25.4. The third-order valence-electron chi connectivity index (χ3n) is 3.04. The van der Waals surface area contributed by atoms with E-state index in [1.165, 1.54) is 0 Å². The highest BCUT2D eigenvalue weighted by Crippen LogP contribution is 2.17. The molecule has 0 aliphatic rings. The molecule has 9 nitrogen and oxygen atoms in total. The Morgan fingerprint density at radius 2 is 2.04 bits per heavy atom. The molecule has 0 saturated carbocycles. The summed E-state index contributed by atoms with van der Waals surface area (Å²) in [6, 6.07) is 6.67. The van der Waals surface area contributed by atoms with Crippen LogP contribution in [0.4, 0.5) is 17.5 Å². The average molecular weight is 330 g/mol. The Morgan fingerprint density at radius 3 is 2.83 bits per heavy atom. The van der Waals surface area contributed by atoms with Crippen molar-refractivity contribution in [2.24, 2.45) is 0 Å². The van der Waals surface area contributed by atoms with E-state index in [0.717, 1.165) is 0 Å². The maximum Gasteiger partial charge on any atom is 0.546 e. The molecule has 0 aliphatic carbocycles. The Morgan fingerprint density at radius 1 is 1.22 bits per heavy atom. The molecule has 0 saturated heterocycles. The Bertz CT molecular complexity index is 903. The summed E-state index contributed by atoms with van der Waals surface area (Å²) < 4.78 is 11.1. The second-order valence-electron chi connectivity index (χ2n) is 4.68. The van der Waals surface area contributed by atoms with E-state index < -0.39 is 8.03 Å². The van der Waals surface area contributed by atoms with Gasteiger partial charge in [0.15, 0.2) is 17.0 Å². The maximum atomic E-state index is 11.1. The number of anilines is 3. The van der Waals surface area contributed by atoms with Crippen molar-refractivity contribution in [1.82, 2.24) is 19.9 Å². The van der Waals surface area contributed by atoms with E-state index in [-0.39, 0.29) is 11.8 Å². The molecule has 0 amide bonds. The Hall–Kier alpha value is -2.90. The standard InChI is InChI=1S/C13H12N7O2P/c14-11-10-12(20-13(15)19-11)17-6-8(18-10)5-16-7-2-1-3-9(4-7)23(21)22/h1-4,6,16H,5H2,(H4-,14,15,17,19,20,21,22)/p+1.